The fourth-order valence-corrected chi connectivity index (χ4v) is 1.01. The van der Waals surface area contributed by atoms with E-state index in [1.54, 1.807) is 18.2 Å². The first kappa shape index (κ1) is 8.83. The first-order valence-corrected chi connectivity index (χ1v) is 3.66. The molecule has 66 valence electrons. The molecule has 1 atom stereocenters. The summed E-state index contributed by atoms with van der Waals surface area (Å²) in [6.45, 7) is -0.131. The van der Waals surface area contributed by atoms with Gasteiger partial charge >= 0.3 is 0 Å². The minimum absolute atomic E-state index is 0.131. The van der Waals surface area contributed by atoms with E-state index in [1.807, 2.05) is 0 Å². The zero-order valence-electron chi connectivity index (χ0n) is 6.70. The second-order valence-corrected chi connectivity index (χ2v) is 2.68. The molecule has 0 radical (unpaired) electrons. The highest BCUT2D eigenvalue weighted by Crippen LogP contribution is 2.20. The van der Waals surface area contributed by atoms with Crippen molar-refractivity contribution in [2.75, 3.05) is 18.1 Å². The molecule has 0 saturated carbocycles. The van der Waals surface area contributed by atoms with Crippen LogP contribution in [0.15, 0.2) is 18.2 Å². The Balaban J connectivity index is 3.04. The molecule has 0 bridgehead atoms. The third-order valence-corrected chi connectivity index (χ3v) is 1.71. The molecule has 0 heterocycles. The number of rotatable bonds is 2. The Bertz CT molecular complexity index is 275. The number of hydrogen-bond acceptors (Lipinski definition) is 4. The van der Waals surface area contributed by atoms with E-state index >= 15 is 0 Å². The summed E-state index contributed by atoms with van der Waals surface area (Å²) in [6.07, 6.45) is 0. The van der Waals surface area contributed by atoms with E-state index in [-0.39, 0.29) is 6.61 Å². The lowest BCUT2D eigenvalue weighted by molar-refractivity contribution is 0.268. The molecule has 1 aromatic carbocycles. The Kier molecular flexibility index (Phi) is 2.52. The van der Waals surface area contributed by atoms with Crippen LogP contribution in [0.5, 0.6) is 0 Å². The molecular weight excluding hydrogens is 154 g/mol. The predicted molar refractivity (Wildman–Crippen MR) is 49.3 cm³/mol. The smallest absolute Gasteiger partial charge is 0.0625 e. The molecule has 4 heteroatoms. The van der Waals surface area contributed by atoms with Crippen molar-refractivity contribution in [2.45, 2.75) is 6.04 Å². The van der Waals surface area contributed by atoms with Crippen LogP contribution in [0.25, 0.3) is 0 Å². The Morgan fingerprint density at radius 3 is 2.58 bits per heavy atom. The molecule has 1 aromatic rings. The average molecular weight is 167 g/mol. The number of aliphatic hydroxyl groups excluding tert-OH is 1. The second-order valence-electron chi connectivity index (χ2n) is 2.68. The topological polar surface area (TPSA) is 98.3 Å². The van der Waals surface area contributed by atoms with Crippen LogP contribution in [-0.4, -0.2) is 11.7 Å². The number of aliphatic hydroxyl groups is 1. The van der Waals surface area contributed by atoms with Gasteiger partial charge in [-0.1, -0.05) is 0 Å². The molecule has 4 nitrogen and oxygen atoms in total. The minimum Gasteiger partial charge on any atom is -0.399 e. The lowest BCUT2D eigenvalue weighted by Crippen LogP contribution is -2.16. The lowest BCUT2D eigenvalue weighted by Gasteiger charge is -2.11. The van der Waals surface area contributed by atoms with Gasteiger partial charge in [-0.25, -0.2) is 0 Å². The summed E-state index contributed by atoms with van der Waals surface area (Å²) >= 11 is 0. The fraction of sp³-hybridized carbons (Fsp3) is 0.250. The number of anilines is 2. The Labute approximate surface area is 71.0 Å². The van der Waals surface area contributed by atoms with Gasteiger partial charge < -0.3 is 22.3 Å². The summed E-state index contributed by atoms with van der Waals surface area (Å²) in [6, 6.07) is 4.60. The highest BCUT2D eigenvalue weighted by atomic mass is 16.3. The zero-order chi connectivity index (χ0) is 9.14. The maximum atomic E-state index is 8.78. The molecule has 0 amide bonds. The number of benzene rings is 1. The maximum absolute atomic E-state index is 8.78. The van der Waals surface area contributed by atoms with E-state index in [4.69, 9.17) is 22.3 Å². The van der Waals surface area contributed by atoms with Crippen molar-refractivity contribution in [3.63, 3.8) is 0 Å². The van der Waals surface area contributed by atoms with Gasteiger partial charge in [-0.2, -0.15) is 0 Å². The summed E-state index contributed by atoms with van der Waals surface area (Å²) in [7, 11) is 0. The summed E-state index contributed by atoms with van der Waals surface area (Å²) in [4.78, 5) is 0. The maximum Gasteiger partial charge on any atom is 0.0625 e. The summed E-state index contributed by atoms with van der Waals surface area (Å²) in [5.74, 6) is 0. The summed E-state index contributed by atoms with van der Waals surface area (Å²) in [5.41, 5.74) is 18.6. The standard InChI is InChI=1S/C8H13N3O/c9-5-1-2-7(10)6(3-5)8(11)4-12/h1-3,8,12H,4,9-11H2/t8-/m1/s1. The van der Waals surface area contributed by atoms with E-state index in [9.17, 15) is 0 Å². The quantitative estimate of drug-likeness (QED) is 0.460. The van der Waals surface area contributed by atoms with Crippen LogP contribution < -0.4 is 17.2 Å². The van der Waals surface area contributed by atoms with Gasteiger partial charge in [0.15, 0.2) is 0 Å². The molecular formula is C8H13N3O. The highest BCUT2D eigenvalue weighted by Gasteiger charge is 2.07. The Hall–Kier alpha value is -1.26. The van der Waals surface area contributed by atoms with Gasteiger partial charge in [0.2, 0.25) is 0 Å². The molecule has 0 aliphatic heterocycles. The minimum atomic E-state index is -0.450. The fourth-order valence-electron chi connectivity index (χ4n) is 1.01. The van der Waals surface area contributed by atoms with Gasteiger partial charge in [-0.15, -0.1) is 0 Å². The molecule has 0 aromatic heterocycles. The summed E-state index contributed by atoms with van der Waals surface area (Å²) in [5, 5.41) is 8.78. The van der Waals surface area contributed by atoms with E-state index < -0.39 is 6.04 Å². The first-order valence-electron chi connectivity index (χ1n) is 3.66. The lowest BCUT2D eigenvalue weighted by atomic mass is 10.1. The van der Waals surface area contributed by atoms with Gasteiger partial charge in [0, 0.05) is 11.4 Å². The molecule has 0 spiro atoms. The van der Waals surface area contributed by atoms with Crippen molar-refractivity contribution in [3.05, 3.63) is 23.8 Å². The van der Waals surface area contributed by atoms with E-state index in [0.717, 1.165) is 0 Å². The Morgan fingerprint density at radius 2 is 2.00 bits per heavy atom. The largest absolute Gasteiger partial charge is 0.399 e. The third-order valence-electron chi connectivity index (χ3n) is 1.71. The van der Waals surface area contributed by atoms with Crippen LogP contribution in [0.3, 0.4) is 0 Å². The molecule has 7 N–H and O–H groups in total. The molecule has 0 unspecified atom stereocenters. The SMILES string of the molecule is Nc1ccc(N)c([C@H](N)CO)c1. The van der Waals surface area contributed by atoms with Gasteiger partial charge in [-0.3, -0.25) is 0 Å². The van der Waals surface area contributed by atoms with Crippen LogP contribution in [0, 0.1) is 0 Å². The van der Waals surface area contributed by atoms with Crippen molar-refractivity contribution in [1.82, 2.24) is 0 Å². The van der Waals surface area contributed by atoms with Crippen molar-refractivity contribution in [1.29, 1.82) is 0 Å². The van der Waals surface area contributed by atoms with Gasteiger partial charge in [0.1, 0.15) is 0 Å². The van der Waals surface area contributed by atoms with Crippen LogP contribution in [0.2, 0.25) is 0 Å². The third kappa shape index (κ3) is 1.66. The molecule has 1 rings (SSSR count). The van der Waals surface area contributed by atoms with Crippen molar-refractivity contribution in [3.8, 4) is 0 Å². The number of hydrogen-bond donors (Lipinski definition) is 4. The van der Waals surface area contributed by atoms with E-state index in [1.165, 1.54) is 0 Å². The van der Waals surface area contributed by atoms with E-state index in [2.05, 4.69) is 0 Å². The van der Waals surface area contributed by atoms with Gasteiger partial charge in [-0.05, 0) is 23.8 Å². The second kappa shape index (κ2) is 3.42. The molecule has 0 aliphatic rings. The highest BCUT2D eigenvalue weighted by molar-refractivity contribution is 5.56. The number of nitrogens with two attached hydrogens (primary N) is 3. The Morgan fingerprint density at radius 1 is 1.33 bits per heavy atom. The molecule has 0 aliphatic carbocycles. The number of nitrogen functional groups attached to an aromatic ring is 2. The molecule has 0 saturated heterocycles. The van der Waals surface area contributed by atoms with Crippen LogP contribution in [0.4, 0.5) is 11.4 Å². The van der Waals surface area contributed by atoms with Gasteiger partial charge in [0.25, 0.3) is 0 Å². The first-order chi connectivity index (χ1) is 5.65. The zero-order valence-corrected chi connectivity index (χ0v) is 6.70. The van der Waals surface area contributed by atoms with Gasteiger partial charge in [0.05, 0.1) is 12.6 Å². The predicted octanol–water partition coefficient (Wildman–Crippen LogP) is -0.157. The average Bonchev–Trinajstić information content (AvgIpc) is 2.08. The molecule has 12 heavy (non-hydrogen) atoms. The van der Waals surface area contributed by atoms with E-state index in [0.29, 0.717) is 16.9 Å². The monoisotopic (exact) mass is 167 g/mol. The van der Waals surface area contributed by atoms with Crippen molar-refractivity contribution in [2.24, 2.45) is 5.73 Å². The molecule has 0 fully saturated rings. The van der Waals surface area contributed by atoms with Crippen LogP contribution in [0.1, 0.15) is 11.6 Å². The van der Waals surface area contributed by atoms with Crippen molar-refractivity contribution < 1.29 is 5.11 Å². The van der Waals surface area contributed by atoms with Crippen LogP contribution in [-0.2, 0) is 0 Å². The summed E-state index contributed by atoms with van der Waals surface area (Å²) < 4.78 is 0. The normalized spacial score (nSPS) is 12.8. The van der Waals surface area contributed by atoms with Crippen LogP contribution >= 0.6 is 0 Å². The van der Waals surface area contributed by atoms with Crippen molar-refractivity contribution >= 4 is 11.4 Å².